The van der Waals surface area contributed by atoms with Crippen molar-refractivity contribution in [3.63, 3.8) is 0 Å². The van der Waals surface area contributed by atoms with Crippen molar-refractivity contribution in [3.05, 3.63) is 95.1 Å². The molecule has 0 radical (unpaired) electrons. The number of carbonyl (C=O) groups is 1. The van der Waals surface area contributed by atoms with Gasteiger partial charge in [0.05, 0.1) is 0 Å². The fourth-order valence-corrected chi connectivity index (χ4v) is 5.33. The Kier molecular flexibility index (Phi) is 7.01. The second-order valence-electron chi connectivity index (χ2n) is 9.47. The van der Waals surface area contributed by atoms with E-state index in [0.29, 0.717) is 5.75 Å². The van der Waals surface area contributed by atoms with Gasteiger partial charge in [-0.05, 0) is 96.7 Å². The monoisotopic (exact) mass is 467 g/mol. The SMILES string of the molecule is CC(=O)Oc1ccc(C(=C2CCCc3ccccc32)c2ccc(OC(C)N3CCCC3)cc2)cc1. The Morgan fingerprint density at radius 3 is 2.09 bits per heavy atom. The van der Waals surface area contributed by atoms with E-state index < -0.39 is 0 Å². The van der Waals surface area contributed by atoms with Gasteiger partial charge in [-0.25, -0.2) is 0 Å². The van der Waals surface area contributed by atoms with Crippen LogP contribution in [-0.2, 0) is 11.2 Å². The molecule has 180 valence electrons. The third-order valence-corrected chi connectivity index (χ3v) is 7.03. The molecule has 0 saturated carbocycles. The molecular weight excluding hydrogens is 434 g/mol. The molecule has 1 saturated heterocycles. The van der Waals surface area contributed by atoms with E-state index in [2.05, 4.69) is 72.5 Å². The van der Waals surface area contributed by atoms with E-state index in [4.69, 9.17) is 9.47 Å². The van der Waals surface area contributed by atoms with Crippen LogP contribution in [-0.4, -0.2) is 30.2 Å². The lowest BCUT2D eigenvalue weighted by atomic mass is 9.81. The van der Waals surface area contributed by atoms with Crippen LogP contribution in [0.1, 0.15) is 61.8 Å². The van der Waals surface area contributed by atoms with E-state index in [1.807, 2.05) is 12.1 Å². The lowest BCUT2D eigenvalue weighted by molar-refractivity contribution is -0.131. The highest BCUT2D eigenvalue weighted by molar-refractivity contribution is 5.99. The Morgan fingerprint density at radius 1 is 0.800 bits per heavy atom. The van der Waals surface area contributed by atoms with Gasteiger partial charge in [-0.1, -0.05) is 48.5 Å². The lowest BCUT2D eigenvalue weighted by Gasteiger charge is -2.25. The molecule has 1 aliphatic carbocycles. The maximum absolute atomic E-state index is 11.4. The first-order chi connectivity index (χ1) is 17.1. The number of esters is 1. The highest BCUT2D eigenvalue weighted by Crippen LogP contribution is 2.40. The van der Waals surface area contributed by atoms with E-state index in [1.54, 1.807) is 0 Å². The summed E-state index contributed by atoms with van der Waals surface area (Å²) in [5.41, 5.74) is 7.62. The van der Waals surface area contributed by atoms with Crippen LogP contribution in [0.4, 0.5) is 0 Å². The summed E-state index contributed by atoms with van der Waals surface area (Å²) in [5, 5.41) is 0. The maximum Gasteiger partial charge on any atom is 0.308 e. The number of ether oxygens (including phenoxy) is 2. The first kappa shape index (κ1) is 23.4. The van der Waals surface area contributed by atoms with Crippen molar-refractivity contribution in [2.75, 3.05) is 13.1 Å². The second-order valence-corrected chi connectivity index (χ2v) is 9.47. The molecule has 0 aromatic heterocycles. The molecule has 4 heteroatoms. The smallest absolute Gasteiger partial charge is 0.308 e. The molecule has 0 spiro atoms. The molecule has 0 amide bonds. The number of hydrogen-bond donors (Lipinski definition) is 0. The van der Waals surface area contributed by atoms with Gasteiger partial charge in [0.1, 0.15) is 17.7 Å². The number of benzene rings is 3. The molecule has 1 unspecified atom stereocenters. The second kappa shape index (κ2) is 10.5. The molecule has 3 aromatic carbocycles. The number of carbonyl (C=O) groups excluding carboxylic acids is 1. The summed E-state index contributed by atoms with van der Waals surface area (Å²) in [6, 6.07) is 25.1. The van der Waals surface area contributed by atoms with Gasteiger partial charge < -0.3 is 9.47 Å². The third-order valence-electron chi connectivity index (χ3n) is 7.03. The Bertz CT molecular complexity index is 1200. The highest BCUT2D eigenvalue weighted by atomic mass is 16.5. The van der Waals surface area contributed by atoms with Gasteiger partial charge in [-0.3, -0.25) is 9.69 Å². The van der Waals surface area contributed by atoms with Gasteiger partial charge in [0.15, 0.2) is 0 Å². The van der Waals surface area contributed by atoms with E-state index in [9.17, 15) is 4.79 Å². The minimum absolute atomic E-state index is 0.0835. The van der Waals surface area contributed by atoms with Crippen molar-refractivity contribution in [3.8, 4) is 11.5 Å². The fraction of sp³-hybridized carbons (Fsp3) is 0.323. The van der Waals surface area contributed by atoms with Crippen LogP contribution in [0.25, 0.3) is 11.1 Å². The lowest BCUT2D eigenvalue weighted by Crippen LogP contribution is -2.34. The number of aryl methyl sites for hydroxylation is 1. The minimum atomic E-state index is -0.309. The Balaban J connectivity index is 1.52. The third kappa shape index (κ3) is 5.33. The summed E-state index contributed by atoms with van der Waals surface area (Å²) >= 11 is 0. The van der Waals surface area contributed by atoms with Gasteiger partial charge >= 0.3 is 5.97 Å². The molecule has 1 aliphatic heterocycles. The summed E-state index contributed by atoms with van der Waals surface area (Å²) in [7, 11) is 0. The Morgan fingerprint density at radius 2 is 1.43 bits per heavy atom. The van der Waals surface area contributed by atoms with Crippen LogP contribution in [0.3, 0.4) is 0 Å². The molecule has 1 heterocycles. The van der Waals surface area contributed by atoms with E-state index in [1.165, 1.54) is 42.0 Å². The first-order valence-electron chi connectivity index (χ1n) is 12.7. The highest BCUT2D eigenvalue weighted by Gasteiger charge is 2.21. The summed E-state index contributed by atoms with van der Waals surface area (Å²) in [6.45, 7) is 5.78. The molecule has 4 nitrogen and oxygen atoms in total. The number of nitrogens with zero attached hydrogens (tertiary/aromatic N) is 1. The average molecular weight is 468 g/mol. The van der Waals surface area contributed by atoms with Crippen molar-refractivity contribution < 1.29 is 14.3 Å². The summed E-state index contributed by atoms with van der Waals surface area (Å²) in [5.74, 6) is 1.15. The summed E-state index contributed by atoms with van der Waals surface area (Å²) in [6.07, 6.45) is 5.86. The van der Waals surface area contributed by atoms with Gasteiger partial charge in [0.2, 0.25) is 0 Å². The maximum atomic E-state index is 11.4. The molecule has 3 aromatic rings. The predicted octanol–water partition coefficient (Wildman–Crippen LogP) is 6.73. The van der Waals surface area contributed by atoms with Crippen molar-refractivity contribution in [2.45, 2.75) is 52.2 Å². The summed E-state index contributed by atoms with van der Waals surface area (Å²) in [4.78, 5) is 13.8. The molecule has 35 heavy (non-hydrogen) atoms. The molecule has 1 fully saturated rings. The van der Waals surface area contributed by atoms with Gasteiger partial charge in [0, 0.05) is 20.0 Å². The fourth-order valence-electron chi connectivity index (χ4n) is 5.33. The largest absolute Gasteiger partial charge is 0.475 e. The number of fused-ring (bicyclic) bond motifs is 1. The predicted molar refractivity (Wildman–Crippen MR) is 140 cm³/mol. The van der Waals surface area contributed by atoms with Crippen LogP contribution in [0.5, 0.6) is 11.5 Å². The van der Waals surface area contributed by atoms with E-state index >= 15 is 0 Å². The average Bonchev–Trinajstić information content (AvgIpc) is 3.42. The first-order valence-corrected chi connectivity index (χ1v) is 12.7. The number of likely N-dealkylation sites (tertiary alicyclic amines) is 1. The topological polar surface area (TPSA) is 38.8 Å². The standard InChI is InChI=1S/C31H33NO3/c1-22(32-20-5-6-21-32)34-27-16-12-25(13-17-27)31(26-14-18-28(19-15-26)35-23(2)33)30-11-7-9-24-8-3-4-10-29(24)30/h3-4,8,10,12-19,22H,5-7,9,11,20-21H2,1-2H3. The Hall–Kier alpha value is -3.37. The zero-order valence-electron chi connectivity index (χ0n) is 20.6. The van der Waals surface area contributed by atoms with Crippen LogP contribution >= 0.6 is 0 Å². The number of hydrogen-bond acceptors (Lipinski definition) is 4. The minimum Gasteiger partial charge on any atom is -0.475 e. The van der Waals surface area contributed by atoms with Crippen molar-refractivity contribution in [1.82, 2.24) is 4.90 Å². The Labute approximate surface area is 208 Å². The molecular formula is C31H33NO3. The normalized spacial score (nSPS) is 18.0. The molecule has 1 atom stereocenters. The molecule has 0 N–H and O–H groups in total. The van der Waals surface area contributed by atoms with Crippen molar-refractivity contribution >= 4 is 17.1 Å². The van der Waals surface area contributed by atoms with Crippen molar-refractivity contribution in [1.29, 1.82) is 0 Å². The van der Waals surface area contributed by atoms with Gasteiger partial charge in [-0.2, -0.15) is 0 Å². The van der Waals surface area contributed by atoms with E-state index in [0.717, 1.165) is 49.2 Å². The summed E-state index contributed by atoms with van der Waals surface area (Å²) < 4.78 is 11.5. The zero-order valence-corrected chi connectivity index (χ0v) is 20.6. The van der Waals surface area contributed by atoms with Crippen molar-refractivity contribution in [2.24, 2.45) is 0 Å². The van der Waals surface area contributed by atoms with Crippen LogP contribution in [0, 0.1) is 0 Å². The van der Waals surface area contributed by atoms with Gasteiger partial charge in [0.25, 0.3) is 0 Å². The molecule has 0 bridgehead atoms. The van der Waals surface area contributed by atoms with E-state index in [-0.39, 0.29) is 12.2 Å². The van der Waals surface area contributed by atoms with Crippen LogP contribution < -0.4 is 9.47 Å². The quantitative estimate of drug-likeness (QED) is 0.298. The zero-order chi connectivity index (χ0) is 24.2. The molecule has 5 rings (SSSR count). The van der Waals surface area contributed by atoms with Crippen LogP contribution in [0.15, 0.2) is 72.8 Å². The van der Waals surface area contributed by atoms with Crippen LogP contribution in [0.2, 0.25) is 0 Å². The molecule has 2 aliphatic rings. The van der Waals surface area contributed by atoms with Gasteiger partial charge in [-0.15, -0.1) is 0 Å². The number of rotatable bonds is 6. The number of allylic oxidation sites excluding steroid dienone is 1.